The molecule has 0 radical (unpaired) electrons. The number of aromatic nitrogens is 4. The fourth-order valence-corrected chi connectivity index (χ4v) is 6.40. The van der Waals surface area contributed by atoms with Gasteiger partial charge in [-0.2, -0.15) is 29.6 Å². The Balaban J connectivity index is 0.000000214. The number of rotatable bonds is 6. The van der Waals surface area contributed by atoms with Gasteiger partial charge in [-0.25, -0.2) is 0 Å². The molecule has 6 atom stereocenters. The van der Waals surface area contributed by atoms with Crippen LogP contribution in [0.15, 0.2) is 29.2 Å². The predicted octanol–water partition coefficient (Wildman–Crippen LogP) is -5.25. The molecule has 2 aromatic heterocycles. The molecule has 0 bridgehead atoms. The van der Waals surface area contributed by atoms with Crippen LogP contribution in [0.2, 0.25) is 0 Å². The second-order valence-electron chi connectivity index (χ2n) is 9.92. The minimum atomic E-state index is -5.17. The number of nitrogen functional groups attached to an aromatic ring is 2. The molecule has 0 unspecified atom stereocenters. The number of aromatic amines is 2. The van der Waals surface area contributed by atoms with Gasteiger partial charge >= 0.3 is 23.2 Å². The monoisotopic (exact) mass is 896 g/mol. The molecule has 4 aliphatic heterocycles. The summed E-state index contributed by atoms with van der Waals surface area (Å²) in [5.41, 5.74) is 10.2. The maximum atomic E-state index is 11.9. The molecule has 6 rings (SSSR count). The van der Waals surface area contributed by atoms with Crippen molar-refractivity contribution in [3.8, 4) is 0 Å². The molecule has 50 heavy (non-hydrogen) atoms. The van der Waals surface area contributed by atoms with Crippen molar-refractivity contribution in [3.05, 3.63) is 40.3 Å². The Labute approximate surface area is 312 Å². The zero-order valence-electron chi connectivity index (χ0n) is 24.2. The third-order valence-electron chi connectivity index (χ3n) is 6.66. The summed E-state index contributed by atoms with van der Waals surface area (Å²) in [6.07, 6.45) is -3.64. The van der Waals surface area contributed by atoms with E-state index >= 15 is 0 Å². The van der Waals surface area contributed by atoms with E-state index in [0.717, 1.165) is 0 Å². The van der Waals surface area contributed by atoms with Gasteiger partial charge in [0.1, 0.15) is 11.4 Å². The van der Waals surface area contributed by atoms with E-state index in [1.165, 1.54) is 0 Å². The van der Waals surface area contributed by atoms with Crippen molar-refractivity contribution in [3.63, 3.8) is 0 Å². The van der Waals surface area contributed by atoms with Crippen LogP contribution in [0.25, 0.3) is 0 Å². The van der Waals surface area contributed by atoms with E-state index in [4.69, 9.17) is 74.9 Å². The van der Waals surface area contributed by atoms with Gasteiger partial charge in [-0.05, 0) is 0 Å². The van der Waals surface area contributed by atoms with Gasteiger partial charge in [-0.15, -0.1) is 0 Å². The number of phosphoric acid groups is 2. The van der Waals surface area contributed by atoms with Crippen LogP contribution < -0.4 is 63.4 Å². The van der Waals surface area contributed by atoms with E-state index in [0.29, 0.717) is 19.8 Å². The molecule has 0 fully saturated rings. The summed E-state index contributed by atoms with van der Waals surface area (Å²) in [4.78, 5) is 79.5. The van der Waals surface area contributed by atoms with Crippen LogP contribution in [0.5, 0.6) is 0 Å². The van der Waals surface area contributed by atoms with Crippen molar-refractivity contribution < 1.29 is 70.4 Å². The van der Waals surface area contributed by atoms with Crippen molar-refractivity contribution in [2.24, 2.45) is 0 Å². The van der Waals surface area contributed by atoms with Gasteiger partial charge in [-0.3, -0.25) is 19.6 Å². The first-order valence-corrected chi connectivity index (χ1v) is 18.5. The van der Waals surface area contributed by atoms with Crippen LogP contribution in [0.4, 0.5) is 34.9 Å². The summed E-state index contributed by atoms with van der Waals surface area (Å²) >= 11 is 21.5. The van der Waals surface area contributed by atoms with Crippen molar-refractivity contribution in [1.29, 1.82) is 0 Å². The Morgan fingerprint density at radius 2 is 1.02 bits per heavy atom. The zero-order valence-corrected chi connectivity index (χ0v) is 31.2. The number of phosphoric ester groups is 2. The van der Waals surface area contributed by atoms with Crippen molar-refractivity contribution >= 4 is 101 Å². The van der Waals surface area contributed by atoms with Gasteiger partial charge in [-0.1, -0.05) is 0 Å². The molecule has 272 valence electrons. The molecule has 2 aromatic rings. The average molecular weight is 895 g/mol. The maximum absolute atomic E-state index is 11.9. The molecule has 23 nitrogen and oxygen atoms in total. The molecule has 0 aromatic carbocycles. The average Bonchev–Trinajstić information content (AvgIpc) is 3.02. The Morgan fingerprint density at radius 3 is 1.34 bits per heavy atom. The van der Waals surface area contributed by atoms with E-state index < -0.39 is 76.7 Å². The van der Waals surface area contributed by atoms with Gasteiger partial charge in [0.15, 0.2) is 24.1 Å². The zero-order chi connectivity index (χ0) is 37.3. The van der Waals surface area contributed by atoms with E-state index in [-0.39, 0.29) is 54.5 Å². The predicted molar refractivity (Wildman–Crippen MR) is 169 cm³/mol. The van der Waals surface area contributed by atoms with Gasteiger partial charge in [0.2, 0.25) is 11.9 Å². The Kier molecular flexibility index (Phi) is 12.9. The summed E-state index contributed by atoms with van der Waals surface area (Å²) in [5, 5.41) is 11.4. The van der Waals surface area contributed by atoms with Gasteiger partial charge in [0.25, 0.3) is 11.1 Å². The van der Waals surface area contributed by atoms with Crippen molar-refractivity contribution in [2.75, 3.05) is 45.9 Å². The molecule has 30 heteroatoms. The summed E-state index contributed by atoms with van der Waals surface area (Å²) in [6, 6.07) is -1.32. The van der Waals surface area contributed by atoms with Crippen LogP contribution >= 0.6 is 15.6 Å². The quantitative estimate of drug-likeness (QED) is 0.0763. The number of nitrogens with two attached hydrogens (primary N) is 2. The first-order valence-electron chi connectivity index (χ1n) is 13.1. The second-order valence-corrected chi connectivity index (χ2v) is 14.0. The van der Waals surface area contributed by atoms with Gasteiger partial charge in [0.05, 0.1) is 53.2 Å². The number of nitrogens with zero attached hydrogens (tertiary/aromatic N) is 2. The molecule has 0 amide bonds. The Morgan fingerprint density at radius 1 is 0.680 bits per heavy atom. The molecule has 0 aliphatic carbocycles. The van der Waals surface area contributed by atoms with Crippen LogP contribution in [-0.2, 0) is 101 Å². The molecule has 10 N–H and O–H groups in total. The summed E-state index contributed by atoms with van der Waals surface area (Å²) in [5.74, 6) is 0.0927. The summed E-state index contributed by atoms with van der Waals surface area (Å²) in [6.45, 7) is -1.18. The SMILES string of the molecule is Nc1nc2c(c(=O)[nH]1)N[C@H]1C([S-])=C([S-])[C@@H](COP(=O)([O-])[O-])O[C@H]1N2.Nc1nc2c(c(=O)[nH]1)N[C@H]1C([S-])=C([S-])[C@@H](COP(=O)([O-])[O-])O[C@H]1N2.[O]=[Mo+4]. The standard InChI is InChI=1S/2C10H14N5O6PS2.Mo.O/c2*11-10-14-7-4(8(16)15-10)12-3-6(24)5(23)2(21-9(3)13-7)1-20-22(17,18)19;;/h2*2-3,9,12,23-24H,1H2,(H2,17,18,19)(H4,11,13,14,15,16);;/q;;+4;/p-8/t2*2-,3+,9-;;/m11../s1. The second kappa shape index (κ2) is 16.1. The van der Waals surface area contributed by atoms with E-state index in [9.17, 15) is 38.3 Å². The van der Waals surface area contributed by atoms with E-state index in [1.807, 2.05) is 0 Å². The number of anilines is 6. The Bertz CT molecular complexity index is 1780. The van der Waals surface area contributed by atoms with Crippen LogP contribution in [-0.4, -0.2) is 69.9 Å². The molecule has 4 aliphatic rings. The number of nitrogens with one attached hydrogen (secondary N) is 6. The summed E-state index contributed by atoms with van der Waals surface area (Å²) < 4.78 is 49.1. The van der Waals surface area contributed by atoms with Gasteiger partial charge < -0.3 is 130 Å². The first kappa shape index (κ1) is 40.3. The Hall–Kier alpha value is -2.45. The third-order valence-corrected chi connectivity index (χ3v) is 9.77. The van der Waals surface area contributed by atoms with Crippen LogP contribution in [0.3, 0.4) is 0 Å². The molecule has 0 saturated heterocycles. The summed E-state index contributed by atoms with van der Waals surface area (Å²) in [7, 11) is -10.3. The fourth-order valence-electron chi connectivity index (χ4n) is 4.64. The van der Waals surface area contributed by atoms with Crippen LogP contribution in [0.1, 0.15) is 0 Å². The van der Waals surface area contributed by atoms with Crippen molar-refractivity contribution in [2.45, 2.75) is 36.7 Å². The molecular weight excluding hydrogens is 874 g/mol. The molecule has 0 spiro atoms. The first-order chi connectivity index (χ1) is 23.3. The normalized spacial score (nSPS) is 25.2. The fraction of sp³-hybridized carbons (Fsp3) is 0.400. The van der Waals surface area contributed by atoms with Gasteiger partial charge in [0, 0.05) is 0 Å². The molecule has 6 heterocycles. The van der Waals surface area contributed by atoms with Crippen LogP contribution in [0, 0.1) is 0 Å². The number of hydrogen-bond donors (Lipinski definition) is 8. The molecular formula is C20H20MoN10O13P2S4-4. The molecule has 0 saturated carbocycles. The number of ether oxygens (including phenoxy) is 2. The van der Waals surface area contributed by atoms with Crippen molar-refractivity contribution in [1.82, 2.24) is 19.9 Å². The number of hydrogen-bond acceptors (Lipinski definition) is 25. The van der Waals surface area contributed by atoms with E-state index in [2.05, 4.69) is 50.3 Å². The third kappa shape index (κ3) is 9.50. The van der Waals surface area contributed by atoms with E-state index in [1.54, 1.807) is 0 Å². The number of H-pyrrole nitrogens is 2. The topological polar surface area (TPSA) is 372 Å². The number of fused-ring (bicyclic) bond motifs is 4. The minimum absolute atomic E-state index is 0.0982.